The Bertz CT molecular complexity index is 1170. The first kappa shape index (κ1) is 26.1. The highest BCUT2D eigenvalue weighted by molar-refractivity contribution is 5.99. The lowest BCUT2D eigenvalue weighted by atomic mass is 10.0. The summed E-state index contributed by atoms with van der Waals surface area (Å²) in [6.45, 7) is 9.70. The van der Waals surface area contributed by atoms with Crippen molar-refractivity contribution in [2.24, 2.45) is 0 Å². The molecule has 3 heterocycles. The second kappa shape index (κ2) is 10.8. The quantitative estimate of drug-likeness (QED) is 0.398. The number of amides is 1. The fraction of sp³-hybridized carbons (Fsp3) is 0.385. The van der Waals surface area contributed by atoms with E-state index in [0.717, 1.165) is 17.8 Å². The highest BCUT2D eigenvalue weighted by Gasteiger charge is 2.32. The first-order chi connectivity index (χ1) is 16.6. The summed E-state index contributed by atoms with van der Waals surface area (Å²) < 4.78 is 44.4. The van der Waals surface area contributed by atoms with Crippen molar-refractivity contribution < 1.29 is 22.7 Å². The van der Waals surface area contributed by atoms with Gasteiger partial charge in [-0.3, -0.25) is 9.78 Å². The molecule has 0 radical (unpaired) electrons. The number of hydrogen-bond acceptors (Lipinski definition) is 5. The summed E-state index contributed by atoms with van der Waals surface area (Å²) in [6.07, 6.45) is -2.03. The summed E-state index contributed by atoms with van der Waals surface area (Å²) >= 11 is 0. The molecule has 35 heavy (non-hydrogen) atoms. The average molecular weight is 487 g/mol. The second-order valence-corrected chi connectivity index (χ2v) is 8.29. The monoisotopic (exact) mass is 486 g/mol. The third-order valence-corrected chi connectivity index (χ3v) is 5.83. The van der Waals surface area contributed by atoms with Crippen LogP contribution >= 0.6 is 0 Å². The molecule has 6 nitrogen and oxygen atoms in total. The van der Waals surface area contributed by atoms with Gasteiger partial charge in [-0.05, 0) is 63.9 Å². The maximum Gasteiger partial charge on any atom is 0.417 e. The number of ether oxygens (including phenoxy) is 1. The molecule has 2 unspecified atom stereocenters. The molecule has 0 aliphatic rings. The molecule has 0 aliphatic carbocycles. The van der Waals surface area contributed by atoms with Gasteiger partial charge in [-0.1, -0.05) is 13.0 Å². The van der Waals surface area contributed by atoms with Gasteiger partial charge >= 0.3 is 6.18 Å². The fourth-order valence-electron chi connectivity index (χ4n) is 4.04. The normalized spacial score (nSPS) is 13.3. The van der Waals surface area contributed by atoms with Crippen LogP contribution in [0.2, 0.25) is 0 Å². The Kier molecular flexibility index (Phi) is 8.09. The highest BCUT2D eigenvalue weighted by Crippen LogP contribution is 2.30. The number of hydrogen-bond donors (Lipinski definition) is 0. The van der Waals surface area contributed by atoms with E-state index in [2.05, 4.69) is 15.0 Å². The summed E-state index contributed by atoms with van der Waals surface area (Å²) in [5.74, 6) is -0.204. The van der Waals surface area contributed by atoms with Gasteiger partial charge in [-0.15, -0.1) is 0 Å². The Balaban J connectivity index is 1.90. The van der Waals surface area contributed by atoms with Gasteiger partial charge in [0.1, 0.15) is 11.8 Å². The number of alkyl halides is 3. The Hall–Kier alpha value is -3.49. The van der Waals surface area contributed by atoms with Crippen LogP contribution in [0.4, 0.5) is 13.2 Å². The standard InChI is InChI=1S/C26H29F3N4O2/c1-6-21(18(5)35-22-13-11-19(15-31-22)26(27,28)29)33(7-2)25(34)24-20(12-10-17(4)32-24)23-16(3)9-8-14-30-23/h8-15,18,21H,6-7H2,1-5H3. The number of carbonyl (C=O) groups is 1. The van der Waals surface area contributed by atoms with Crippen molar-refractivity contribution in [2.45, 2.75) is 59.4 Å². The predicted molar refractivity (Wildman–Crippen MR) is 127 cm³/mol. The maximum absolute atomic E-state index is 13.8. The maximum atomic E-state index is 13.8. The van der Waals surface area contributed by atoms with Gasteiger partial charge in [-0.2, -0.15) is 13.2 Å². The number of halogens is 3. The van der Waals surface area contributed by atoms with Crippen molar-refractivity contribution in [3.63, 3.8) is 0 Å². The van der Waals surface area contributed by atoms with E-state index in [9.17, 15) is 18.0 Å². The Morgan fingerprint density at radius 2 is 1.83 bits per heavy atom. The Morgan fingerprint density at radius 1 is 1.09 bits per heavy atom. The average Bonchev–Trinajstić information content (AvgIpc) is 2.82. The van der Waals surface area contributed by atoms with Gasteiger partial charge in [0.05, 0.1) is 17.3 Å². The van der Waals surface area contributed by atoms with E-state index in [1.165, 1.54) is 6.07 Å². The summed E-state index contributed by atoms with van der Waals surface area (Å²) in [6, 6.07) is 9.21. The lowest BCUT2D eigenvalue weighted by Gasteiger charge is -2.34. The molecular weight excluding hydrogens is 457 g/mol. The van der Waals surface area contributed by atoms with Crippen molar-refractivity contribution in [3.8, 4) is 17.1 Å². The number of nitrogens with zero attached hydrogens (tertiary/aromatic N) is 4. The van der Waals surface area contributed by atoms with Crippen LogP contribution in [0, 0.1) is 13.8 Å². The minimum absolute atomic E-state index is 0.0610. The molecule has 0 saturated carbocycles. The molecule has 9 heteroatoms. The fourth-order valence-corrected chi connectivity index (χ4v) is 4.04. The molecule has 3 rings (SSSR count). The van der Waals surface area contributed by atoms with Crippen molar-refractivity contribution in [3.05, 3.63) is 71.3 Å². The number of aromatic nitrogens is 3. The van der Waals surface area contributed by atoms with E-state index in [1.807, 2.05) is 52.0 Å². The van der Waals surface area contributed by atoms with Crippen LogP contribution in [0.5, 0.6) is 5.88 Å². The van der Waals surface area contributed by atoms with Crippen molar-refractivity contribution in [1.82, 2.24) is 19.9 Å². The third-order valence-electron chi connectivity index (χ3n) is 5.83. The van der Waals surface area contributed by atoms with Crippen LogP contribution in [0.1, 0.15) is 54.5 Å². The van der Waals surface area contributed by atoms with E-state index in [4.69, 9.17) is 4.74 Å². The number of aryl methyl sites for hydroxylation is 2. The predicted octanol–water partition coefficient (Wildman–Crippen LogP) is 5.88. The number of pyridine rings is 3. The second-order valence-electron chi connectivity index (χ2n) is 8.29. The van der Waals surface area contributed by atoms with Crippen molar-refractivity contribution >= 4 is 5.91 Å². The molecule has 3 aromatic heterocycles. The van der Waals surface area contributed by atoms with Crippen LogP contribution in [0.25, 0.3) is 11.3 Å². The minimum Gasteiger partial charge on any atom is -0.472 e. The van der Waals surface area contributed by atoms with Crippen LogP contribution in [-0.4, -0.2) is 44.4 Å². The van der Waals surface area contributed by atoms with E-state index in [0.29, 0.717) is 35.6 Å². The van der Waals surface area contributed by atoms with E-state index < -0.39 is 17.8 Å². The molecule has 3 aromatic rings. The summed E-state index contributed by atoms with van der Waals surface area (Å²) in [5, 5.41) is 0. The molecule has 0 aromatic carbocycles. The van der Waals surface area contributed by atoms with E-state index >= 15 is 0 Å². The van der Waals surface area contributed by atoms with Crippen LogP contribution in [0.15, 0.2) is 48.8 Å². The van der Waals surface area contributed by atoms with E-state index in [-0.39, 0.29) is 17.8 Å². The van der Waals surface area contributed by atoms with Gasteiger partial charge in [0, 0.05) is 36.3 Å². The molecule has 1 amide bonds. The lowest BCUT2D eigenvalue weighted by molar-refractivity contribution is -0.137. The van der Waals surface area contributed by atoms with Crippen molar-refractivity contribution in [2.75, 3.05) is 6.54 Å². The van der Waals surface area contributed by atoms with Gasteiger partial charge in [0.25, 0.3) is 5.91 Å². The van der Waals surface area contributed by atoms with Gasteiger partial charge in [0.15, 0.2) is 0 Å². The summed E-state index contributed by atoms with van der Waals surface area (Å²) in [5.41, 5.74) is 2.40. The first-order valence-electron chi connectivity index (χ1n) is 11.5. The topological polar surface area (TPSA) is 68.2 Å². The van der Waals surface area contributed by atoms with Gasteiger partial charge in [-0.25, -0.2) is 9.97 Å². The van der Waals surface area contributed by atoms with Crippen LogP contribution in [0.3, 0.4) is 0 Å². The first-order valence-corrected chi connectivity index (χ1v) is 11.5. The van der Waals surface area contributed by atoms with Crippen LogP contribution < -0.4 is 4.74 Å². The van der Waals surface area contributed by atoms with Crippen molar-refractivity contribution in [1.29, 1.82) is 0 Å². The van der Waals surface area contributed by atoms with Gasteiger partial charge < -0.3 is 9.64 Å². The summed E-state index contributed by atoms with van der Waals surface area (Å²) in [7, 11) is 0. The molecule has 2 atom stereocenters. The minimum atomic E-state index is -4.47. The SMILES string of the molecule is CCC(C(C)Oc1ccc(C(F)(F)F)cn1)N(CC)C(=O)c1nc(C)ccc1-c1ncccc1C. The Morgan fingerprint density at radius 3 is 2.40 bits per heavy atom. The molecule has 0 aliphatic heterocycles. The number of likely N-dealkylation sites (N-methyl/N-ethyl adjacent to an activating group) is 1. The molecule has 0 fully saturated rings. The summed E-state index contributed by atoms with van der Waals surface area (Å²) in [4.78, 5) is 28.3. The molecule has 0 saturated heterocycles. The molecule has 0 bridgehead atoms. The molecule has 0 spiro atoms. The zero-order valence-corrected chi connectivity index (χ0v) is 20.4. The lowest BCUT2D eigenvalue weighted by Crippen LogP contribution is -2.48. The van der Waals surface area contributed by atoms with E-state index in [1.54, 1.807) is 18.0 Å². The number of carbonyl (C=O) groups excluding carboxylic acids is 1. The molecule has 0 N–H and O–H groups in total. The zero-order chi connectivity index (χ0) is 25.8. The van der Waals surface area contributed by atoms with Crippen LogP contribution in [-0.2, 0) is 6.18 Å². The highest BCUT2D eigenvalue weighted by atomic mass is 19.4. The molecule has 186 valence electrons. The van der Waals surface area contributed by atoms with Gasteiger partial charge in [0.2, 0.25) is 5.88 Å². The zero-order valence-electron chi connectivity index (χ0n) is 20.4. The number of rotatable bonds is 8. The Labute approximate surface area is 203 Å². The third kappa shape index (κ3) is 5.96. The largest absolute Gasteiger partial charge is 0.472 e. The molecular formula is C26H29F3N4O2. The smallest absolute Gasteiger partial charge is 0.417 e.